The fourth-order valence-electron chi connectivity index (χ4n) is 4.83. The molecule has 0 aromatic heterocycles. The molecule has 194 valence electrons. The van der Waals surface area contributed by atoms with Crippen molar-refractivity contribution >= 4 is 23.4 Å². The Hall–Kier alpha value is -3.31. The summed E-state index contributed by atoms with van der Waals surface area (Å²) < 4.78 is 5.82. The maximum Gasteiger partial charge on any atom is 0.261 e. The third kappa shape index (κ3) is 7.83. The molecule has 1 N–H and O–H groups in total. The lowest BCUT2D eigenvalue weighted by molar-refractivity contribution is -0.143. The molecule has 0 radical (unpaired) electrons. The van der Waals surface area contributed by atoms with Gasteiger partial charge < -0.3 is 15.0 Å². The van der Waals surface area contributed by atoms with E-state index in [0.717, 1.165) is 42.4 Å². The van der Waals surface area contributed by atoms with Crippen molar-refractivity contribution in [1.82, 2.24) is 10.2 Å². The number of amides is 2. The van der Waals surface area contributed by atoms with Crippen LogP contribution in [0.1, 0.15) is 48.8 Å². The van der Waals surface area contributed by atoms with E-state index in [-0.39, 0.29) is 24.5 Å². The summed E-state index contributed by atoms with van der Waals surface area (Å²) >= 11 is 5.99. The summed E-state index contributed by atoms with van der Waals surface area (Å²) in [5.41, 5.74) is 3.09. The van der Waals surface area contributed by atoms with Crippen LogP contribution in [-0.4, -0.2) is 35.4 Å². The average molecular weight is 519 g/mol. The number of carbonyl (C=O) groups is 2. The van der Waals surface area contributed by atoms with Crippen LogP contribution in [0.25, 0.3) is 0 Å². The van der Waals surface area contributed by atoms with Gasteiger partial charge in [-0.05, 0) is 60.7 Å². The summed E-state index contributed by atoms with van der Waals surface area (Å²) in [6.07, 6.45) is 5.84. The maximum atomic E-state index is 13.8. The van der Waals surface area contributed by atoms with Crippen LogP contribution in [0.2, 0.25) is 5.02 Å². The van der Waals surface area contributed by atoms with Gasteiger partial charge >= 0.3 is 0 Å². The van der Waals surface area contributed by atoms with E-state index in [1.165, 1.54) is 6.42 Å². The highest BCUT2D eigenvalue weighted by atomic mass is 35.5. The number of carbonyl (C=O) groups excluding carboxylic acids is 2. The molecule has 37 heavy (non-hydrogen) atoms. The van der Waals surface area contributed by atoms with Gasteiger partial charge in [-0.3, -0.25) is 9.59 Å². The Morgan fingerprint density at radius 1 is 0.946 bits per heavy atom. The Morgan fingerprint density at radius 3 is 2.32 bits per heavy atom. The summed E-state index contributed by atoms with van der Waals surface area (Å²) in [7, 11) is 0. The number of hydrogen-bond acceptors (Lipinski definition) is 3. The van der Waals surface area contributed by atoms with Gasteiger partial charge in [0.25, 0.3) is 5.91 Å². The SMILES string of the molecule is Cc1ccccc1CN(C(=O)COc1ccc(Cl)cc1)[C@H](Cc1ccccc1)C(=O)NC1CCCCC1. The minimum absolute atomic E-state index is 0.107. The number of hydrogen-bond donors (Lipinski definition) is 1. The zero-order valence-corrected chi connectivity index (χ0v) is 22.1. The first-order valence-corrected chi connectivity index (χ1v) is 13.4. The van der Waals surface area contributed by atoms with E-state index in [4.69, 9.17) is 16.3 Å². The zero-order valence-electron chi connectivity index (χ0n) is 21.4. The predicted molar refractivity (Wildman–Crippen MR) is 148 cm³/mol. The summed E-state index contributed by atoms with van der Waals surface area (Å²) in [6, 6.07) is 24.3. The van der Waals surface area contributed by atoms with Gasteiger partial charge in [0.2, 0.25) is 5.91 Å². The molecule has 2 amide bonds. The van der Waals surface area contributed by atoms with Gasteiger partial charge in [0.05, 0.1) is 0 Å². The Morgan fingerprint density at radius 2 is 1.62 bits per heavy atom. The molecule has 4 rings (SSSR count). The molecule has 0 bridgehead atoms. The van der Waals surface area contributed by atoms with Crippen LogP contribution >= 0.6 is 11.6 Å². The van der Waals surface area contributed by atoms with Crippen LogP contribution in [0, 0.1) is 6.92 Å². The average Bonchev–Trinajstić information content (AvgIpc) is 2.92. The van der Waals surface area contributed by atoms with E-state index in [0.29, 0.717) is 23.7 Å². The van der Waals surface area contributed by atoms with Crippen molar-refractivity contribution in [2.24, 2.45) is 0 Å². The second-order valence-electron chi connectivity index (χ2n) is 9.74. The number of ether oxygens (including phenoxy) is 1. The highest BCUT2D eigenvalue weighted by Gasteiger charge is 2.32. The summed E-state index contributed by atoms with van der Waals surface area (Å²) in [5.74, 6) is 0.210. The van der Waals surface area contributed by atoms with E-state index in [1.54, 1.807) is 29.2 Å². The van der Waals surface area contributed by atoms with Crippen LogP contribution in [0.15, 0.2) is 78.9 Å². The van der Waals surface area contributed by atoms with Crippen LogP contribution in [-0.2, 0) is 22.6 Å². The molecule has 0 spiro atoms. The van der Waals surface area contributed by atoms with Crippen LogP contribution in [0.5, 0.6) is 5.75 Å². The van der Waals surface area contributed by atoms with E-state index >= 15 is 0 Å². The minimum Gasteiger partial charge on any atom is -0.484 e. The van der Waals surface area contributed by atoms with Gasteiger partial charge in [-0.25, -0.2) is 0 Å². The predicted octanol–water partition coefficient (Wildman–Crippen LogP) is 6.12. The van der Waals surface area contributed by atoms with Gasteiger partial charge in [0.1, 0.15) is 11.8 Å². The van der Waals surface area contributed by atoms with Crippen molar-refractivity contribution in [3.8, 4) is 5.75 Å². The summed E-state index contributed by atoms with van der Waals surface area (Å²) in [4.78, 5) is 29.2. The first-order valence-electron chi connectivity index (χ1n) is 13.1. The first-order chi connectivity index (χ1) is 18.0. The second-order valence-corrected chi connectivity index (χ2v) is 10.2. The van der Waals surface area contributed by atoms with E-state index in [1.807, 2.05) is 61.5 Å². The lowest BCUT2D eigenvalue weighted by Gasteiger charge is -2.33. The standard InChI is InChI=1S/C31H35ClN2O3/c1-23-10-8-9-13-25(23)21-34(30(35)22-37-28-18-16-26(32)17-19-28)29(20-24-11-4-2-5-12-24)31(36)33-27-14-6-3-7-15-27/h2,4-5,8-13,16-19,27,29H,3,6-7,14-15,20-22H2,1H3,(H,33,36)/t29-/m1/s1. The smallest absolute Gasteiger partial charge is 0.261 e. The molecule has 0 saturated heterocycles. The molecule has 0 aliphatic heterocycles. The number of nitrogens with zero attached hydrogens (tertiary/aromatic N) is 1. The lowest BCUT2D eigenvalue weighted by atomic mass is 9.94. The molecule has 1 saturated carbocycles. The zero-order chi connectivity index (χ0) is 26.0. The molecule has 3 aromatic carbocycles. The van der Waals surface area contributed by atoms with Crippen molar-refractivity contribution in [3.63, 3.8) is 0 Å². The van der Waals surface area contributed by atoms with Crippen molar-refractivity contribution in [2.45, 2.75) is 64.1 Å². The molecule has 6 heteroatoms. The molecule has 1 fully saturated rings. The second kappa shape index (κ2) is 13.3. The molecule has 3 aromatic rings. The number of nitrogens with one attached hydrogen (secondary N) is 1. The topological polar surface area (TPSA) is 58.6 Å². The van der Waals surface area contributed by atoms with Crippen molar-refractivity contribution in [2.75, 3.05) is 6.61 Å². The normalized spacial score (nSPS) is 14.5. The molecule has 1 atom stereocenters. The molecule has 1 aliphatic carbocycles. The van der Waals surface area contributed by atoms with Crippen LogP contribution in [0.4, 0.5) is 0 Å². The largest absolute Gasteiger partial charge is 0.484 e. The molecule has 1 aliphatic rings. The Balaban J connectivity index is 1.61. The maximum absolute atomic E-state index is 13.8. The fourth-order valence-corrected chi connectivity index (χ4v) is 4.95. The Labute approximate surface area is 224 Å². The fraction of sp³-hybridized carbons (Fsp3) is 0.355. The highest BCUT2D eigenvalue weighted by Crippen LogP contribution is 2.21. The lowest BCUT2D eigenvalue weighted by Crippen LogP contribution is -2.53. The van der Waals surface area contributed by atoms with E-state index in [2.05, 4.69) is 5.32 Å². The highest BCUT2D eigenvalue weighted by molar-refractivity contribution is 6.30. The molecule has 0 heterocycles. The van der Waals surface area contributed by atoms with Gasteiger partial charge in [-0.15, -0.1) is 0 Å². The Bertz CT molecular complexity index is 1160. The monoisotopic (exact) mass is 518 g/mol. The Kier molecular flexibility index (Phi) is 9.61. The van der Waals surface area contributed by atoms with Crippen molar-refractivity contribution in [3.05, 3.63) is 101 Å². The number of benzene rings is 3. The van der Waals surface area contributed by atoms with Gasteiger partial charge in [0.15, 0.2) is 6.61 Å². The summed E-state index contributed by atoms with van der Waals surface area (Å²) in [5, 5.41) is 3.87. The third-order valence-electron chi connectivity index (χ3n) is 7.00. The quantitative estimate of drug-likeness (QED) is 0.352. The molecular weight excluding hydrogens is 484 g/mol. The van der Waals surface area contributed by atoms with E-state index in [9.17, 15) is 9.59 Å². The molecule has 0 unspecified atom stereocenters. The molecular formula is C31H35ClN2O3. The third-order valence-corrected chi connectivity index (χ3v) is 7.25. The van der Waals surface area contributed by atoms with Crippen molar-refractivity contribution in [1.29, 1.82) is 0 Å². The number of halogens is 1. The van der Waals surface area contributed by atoms with Crippen LogP contribution in [0.3, 0.4) is 0 Å². The number of rotatable bonds is 10. The summed E-state index contributed by atoms with van der Waals surface area (Å²) in [6.45, 7) is 2.18. The van der Waals surface area contributed by atoms with Crippen LogP contribution < -0.4 is 10.1 Å². The number of aryl methyl sites for hydroxylation is 1. The first kappa shape index (κ1) is 26.7. The van der Waals surface area contributed by atoms with Crippen molar-refractivity contribution < 1.29 is 14.3 Å². The van der Waals surface area contributed by atoms with Gasteiger partial charge in [-0.1, -0.05) is 85.5 Å². The van der Waals surface area contributed by atoms with E-state index < -0.39 is 6.04 Å². The molecule has 5 nitrogen and oxygen atoms in total. The minimum atomic E-state index is -0.662. The van der Waals surface area contributed by atoms with Gasteiger partial charge in [-0.2, -0.15) is 0 Å². The van der Waals surface area contributed by atoms with Gasteiger partial charge in [0, 0.05) is 24.0 Å².